The van der Waals surface area contributed by atoms with Gasteiger partial charge >= 0.3 is 0 Å². The van der Waals surface area contributed by atoms with Gasteiger partial charge in [0.05, 0.1) is 46.2 Å². The summed E-state index contributed by atoms with van der Waals surface area (Å²) in [5, 5.41) is 17.8. The van der Waals surface area contributed by atoms with Gasteiger partial charge < -0.3 is 9.40 Å². The van der Waals surface area contributed by atoms with Gasteiger partial charge in [0.25, 0.3) is 11.4 Å². The summed E-state index contributed by atoms with van der Waals surface area (Å²) in [4.78, 5) is 12.3. The Morgan fingerprint density at radius 2 is 1.63 bits per heavy atom. The molecule has 0 amide bonds. The lowest BCUT2D eigenvalue weighted by atomic mass is 10.3. The molecule has 0 aliphatic heterocycles. The summed E-state index contributed by atoms with van der Waals surface area (Å²) >= 11 is 2.94. The van der Waals surface area contributed by atoms with Crippen molar-refractivity contribution in [2.75, 3.05) is 0 Å². The first kappa shape index (κ1) is 19.0. The van der Waals surface area contributed by atoms with Crippen LogP contribution in [0.3, 0.4) is 0 Å². The summed E-state index contributed by atoms with van der Waals surface area (Å²) in [7, 11) is 0. The molecule has 0 radical (unpaired) electrons. The molecular formula is C22H9N5OS2. The zero-order valence-corrected chi connectivity index (χ0v) is 16.8. The van der Waals surface area contributed by atoms with Crippen LogP contribution in [0.4, 0.5) is 0 Å². The van der Waals surface area contributed by atoms with Crippen LogP contribution in [0, 0.1) is 35.8 Å². The lowest BCUT2D eigenvalue weighted by Gasteiger charge is -1.93. The van der Waals surface area contributed by atoms with Crippen molar-refractivity contribution in [1.82, 2.24) is 4.98 Å². The van der Waals surface area contributed by atoms with Crippen molar-refractivity contribution in [2.45, 2.75) is 0 Å². The molecule has 6 nitrogen and oxygen atoms in total. The third-order valence-electron chi connectivity index (χ3n) is 4.10. The van der Waals surface area contributed by atoms with Crippen molar-refractivity contribution in [3.05, 3.63) is 80.4 Å². The molecule has 0 spiro atoms. The van der Waals surface area contributed by atoms with E-state index in [0.717, 1.165) is 30.7 Å². The predicted molar refractivity (Wildman–Crippen MR) is 118 cm³/mol. The van der Waals surface area contributed by atoms with Crippen LogP contribution >= 0.6 is 22.7 Å². The van der Waals surface area contributed by atoms with E-state index in [1.807, 2.05) is 48.5 Å². The van der Waals surface area contributed by atoms with Crippen molar-refractivity contribution in [1.29, 1.82) is 10.5 Å². The van der Waals surface area contributed by atoms with Crippen molar-refractivity contribution in [2.24, 2.45) is 0 Å². The highest BCUT2D eigenvalue weighted by molar-refractivity contribution is 7.19. The Morgan fingerprint density at radius 1 is 0.933 bits per heavy atom. The maximum atomic E-state index is 8.89. The van der Waals surface area contributed by atoms with Gasteiger partial charge in [-0.25, -0.2) is 20.2 Å². The second-order valence-electron chi connectivity index (χ2n) is 5.98. The zero-order valence-electron chi connectivity index (χ0n) is 15.1. The van der Waals surface area contributed by atoms with E-state index in [2.05, 4.69) is 14.7 Å². The van der Waals surface area contributed by atoms with Crippen LogP contribution < -0.4 is 0 Å². The van der Waals surface area contributed by atoms with Gasteiger partial charge in [0.15, 0.2) is 5.76 Å². The first-order chi connectivity index (χ1) is 14.6. The summed E-state index contributed by atoms with van der Waals surface area (Å²) in [6, 6.07) is 15.2. The van der Waals surface area contributed by atoms with Gasteiger partial charge in [-0.05, 0) is 42.5 Å². The van der Waals surface area contributed by atoms with Gasteiger partial charge in [0.2, 0.25) is 0 Å². The van der Waals surface area contributed by atoms with Crippen LogP contribution in [0.25, 0.3) is 54.2 Å². The molecule has 8 heteroatoms. The van der Waals surface area contributed by atoms with E-state index >= 15 is 0 Å². The van der Waals surface area contributed by atoms with E-state index in [1.165, 1.54) is 22.7 Å². The Morgan fingerprint density at radius 3 is 2.30 bits per heavy atom. The predicted octanol–water partition coefficient (Wildman–Crippen LogP) is 6.79. The third-order valence-corrected chi connectivity index (χ3v) is 6.17. The number of fused-ring (bicyclic) bond motifs is 1. The molecule has 0 unspecified atom stereocenters. The Kier molecular flexibility index (Phi) is 5.04. The summed E-state index contributed by atoms with van der Waals surface area (Å²) in [6.07, 6.45) is 3.12. The number of nitrogens with zero attached hydrogens (tertiary/aromatic N) is 4. The monoisotopic (exact) mass is 423 g/mol. The normalized spacial score (nSPS) is 11.6. The van der Waals surface area contributed by atoms with Crippen LogP contribution in [-0.4, -0.2) is 4.98 Å². The molecule has 4 aromatic rings. The van der Waals surface area contributed by atoms with Gasteiger partial charge in [-0.2, -0.15) is 0 Å². The third kappa shape index (κ3) is 3.65. The molecule has 0 aliphatic rings. The smallest absolute Gasteiger partial charge is 0.263 e. The van der Waals surface area contributed by atoms with Crippen molar-refractivity contribution >= 4 is 45.1 Å². The average molecular weight is 423 g/mol. The Balaban J connectivity index is 1.60. The lowest BCUT2D eigenvalue weighted by molar-refractivity contribution is 0.630. The number of aromatic nitrogens is 1. The van der Waals surface area contributed by atoms with E-state index in [-0.39, 0.29) is 11.4 Å². The van der Waals surface area contributed by atoms with Crippen LogP contribution in [0.1, 0.15) is 9.75 Å². The van der Waals surface area contributed by atoms with Gasteiger partial charge in [0.1, 0.15) is 5.58 Å². The largest absolute Gasteiger partial charge is 0.454 e. The Hall–Kier alpha value is -4.34. The van der Waals surface area contributed by atoms with Crippen LogP contribution in [0.2, 0.25) is 0 Å². The van der Waals surface area contributed by atoms with E-state index in [4.69, 9.17) is 28.1 Å². The number of nitrogens with one attached hydrogen (secondary N) is 1. The summed E-state index contributed by atoms with van der Waals surface area (Å²) < 4.78 is 6.87. The van der Waals surface area contributed by atoms with Gasteiger partial charge in [-0.1, -0.05) is 0 Å². The highest BCUT2D eigenvalue weighted by atomic mass is 32.1. The Labute approximate surface area is 179 Å². The molecular weight excluding hydrogens is 414 g/mol. The number of rotatable bonds is 4. The van der Waals surface area contributed by atoms with E-state index < -0.39 is 0 Å². The lowest BCUT2D eigenvalue weighted by Crippen LogP contribution is -1.74. The molecule has 0 saturated heterocycles. The Bertz CT molecular complexity index is 1430. The molecule has 0 fully saturated rings. The second-order valence-corrected chi connectivity index (χ2v) is 8.21. The molecule has 0 aliphatic carbocycles. The number of hydrogen-bond acceptors (Lipinski definition) is 5. The van der Waals surface area contributed by atoms with Crippen LogP contribution in [-0.2, 0) is 0 Å². The SMILES string of the molecule is [C-]#[N+]/C(C#N)=C\c1cc2oc(-c3ccc(-c4ccc(/C=C(\C#N)[N+]#[C-])s4)[nH]3)cc2s1. The van der Waals surface area contributed by atoms with Crippen LogP contribution in [0.5, 0.6) is 0 Å². The van der Waals surface area contributed by atoms with E-state index in [1.54, 1.807) is 12.2 Å². The maximum Gasteiger partial charge on any atom is 0.263 e. The summed E-state index contributed by atoms with van der Waals surface area (Å²) in [5.41, 5.74) is 2.53. The molecule has 140 valence electrons. The van der Waals surface area contributed by atoms with Gasteiger partial charge in [-0.3, -0.25) is 0 Å². The minimum atomic E-state index is 0.0385. The topological polar surface area (TPSA) is 85.2 Å². The second kappa shape index (κ2) is 7.95. The first-order valence-electron chi connectivity index (χ1n) is 8.45. The average Bonchev–Trinajstić information content (AvgIpc) is 3.52. The number of H-pyrrole nitrogens is 1. The van der Waals surface area contributed by atoms with Gasteiger partial charge in [0, 0.05) is 15.8 Å². The molecule has 4 heterocycles. The highest BCUT2D eigenvalue weighted by Gasteiger charge is 2.13. The molecule has 0 saturated carbocycles. The quantitative estimate of drug-likeness (QED) is 0.290. The number of hydrogen-bond donors (Lipinski definition) is 1. The number of thiophene rings is 2. The van der Waals surface area contributed by atoms with E-state index in [9.17, 15) is 0 Å². The minimum Gasteiger partial charge on any atom is -0.454 e. The molecule has 0 bridgehead atoms. The molecule has 0 aromatic carbocycles. The fourth-order valence-corrected chi connectivity index (χ4v) is 4.65. The fraction of sp³-hybridized carbons (Fsp3) is 0. The summed E-state index contributed by atoms with van der Waals surface area (Å²) in [6.45, 7) is 13.9. The molecule has 1 N–H and O–H groups in total. The van der Waals surface area contributed by atoms with Crippen molar-refractivity contribution in [3.63, 3.8) is 0 Å². The molecule has 4 rings (SSSR count). The highest BCUT2D eigenvalue weighted by Crippen LogP contribution is 2.36. The number of furan rings is 1. The number of nitriles is 2. The first-order valence-corrected chi connectivity index (χ1v) is 10.1. The van der Waals surface area contributed by atoms with E-state index in [0.29, 0.717) is 11.3 Å². The fourth-order valence-electron chi connectivity index (χ4n) is 2.76. The maximum absolute atomic E-state index is 8.89. The molecule has 30 heavy (non-hydrogen) atoms. The minimum absolute atomic E-state index is 0.0385. The van der Waals surface area contributed by atoms with Crippen LogP contribution in [0.15, 0.2) is 52.2 Å². The molecule has 4 aromatic heterocycles. The number of aromatic amines is 1. The number of allylic oxidation sites excluding steroid dienone is 2. The van der Waals surface area contributed by atoms with Crippen molar-refractivity contribution in [3.8, 4) is 34.2 Å². The summed E-state index contributed by atoms with van der Waals surface area (Å²) in [5.74, 6) is 0.695. The van der Waals surface area contributed by atoms with Crippen molar-refractivity contribution < 1.29 is 4.42 Å². The zero-order chi connectivity index (χ0) is 21.1. The molecule has 0 atom stereocenters. The standard InChI is InChI=1S/C22H9N5OS2/c1-25-13(11-23)7-15-3-6-21(29-15)18-5-4-17(27-18)19-10-22-20(28-19)9-16(30-22)8-14(12-24)26-2/h3-10,27H/b13-7+,14-8-. The van der Waals surface area contributed by atoms with Gasteiger partial charge in [-0.15, -0.1) is 22.7 Å².